The molecule has 0 unspecified atom stereocenters. The van der Waals surface area contributed by atoms with Gasteiger partial charge in [0, 0.05) is 23.6 Å². The van der Waals surface area contributed by atoms with Crippen molar-refractivity contribution in [1.29, 1.82) is 0 Å². The standard InChI is InChI=1S/C22H26N6O2S/c29-21(20-17-9-4-10-18(17)24-26-20)23-12-19-25-27-22(31-14-16-8-5-11-30-16)28(19)13-15-6-2-1-3-7-15/h1-3,6-7,16H,4-5,8-14H2,(H,23,29)(H,24,26)/t16-/m1/s1. The fourth-order valence-corrected chi connectivity index (χ4v) is 5.20. The number of carbonyl (C=O) groups is 1. The fraction of sp³-hybridized carbons (Fsp3) is 0.455. The quantitative estimate of drug-likeness (QED) is 0.525. The second kappa shape index (κ2) is 9.23. The third-order valence-corrected chi connectivity index (χ3v) is 6.93. The molecule has 8 nitrogen and oxygen atoms in total. The molecule has 9 heteroatoms. The van der Waals surface area contributed by atoms with E-state index in [1.807, 2.05) is 18.2 Å². The second-order valence-corrected chi connectivity index (χ2v) is 8.97. The molecule has 5 rings (SSSR count). The lowest BCUT2D eigenvalue weighted by Gasteiger charge is -2.12. The monoisotopic (exact) mass is 438 g/mol. The molecule has 1 saturated heterocycles. The first-order valence-electron chi connectivity index (χ1n) is 10.8. The van der Waals surface area contributed by atoms with Crippen LogP contribution in [0.1, 0.15) is 52.4 Å². The minimum atomic E-state index is -0.165. The van der Waals surface area contributed by atoms with Crippen LogP contribution < -0.4 is 5.32 Å². The Bertz CT molecular complexity index is 1040. The van der Waals surface area contributed by atoms with E-state index in [4.69, 9.17) is 4.74 Å². The first-order chi connectivity index (χ1) is 15.3. The number of nitrogens with zero attached hydrogens (tertiary/aromatic N) is 4. The number of carbonyl (C=O) groups excluding carboxylic acids is 1. The van der Waals surface area contributed by atoms with Gasteiger partial charge in [0.05, 0.1) is 19.2 Å². The zero-order valence-corrected chi connectivity index (χ0v) is 18.2. The van der Waals surface area contributed by atoms with Crippen LogP contribution in [0.2, 0.25) is 0 Å². The second-order valence-electron chi connectivity index (χ2n) is 7.98. The number of H-pyrrole nitrogens is 1. The van der Waals surface area contributed by atoms with Gasteiger partial charge in [-0.2, -0.15) is 5.10 Å². The molecule has 162 valence electrons. The molecule has 0 spiro atoms. The largest absolute Gasteiger partial charge is 0.377 e. The Kier molecular flexibility index (Phi) is 6.04. The Hall–Kier alpha value is -2.65. The van der Waals surface area contributed by atoms with Gasteiger partial charge in [-0.3, -0.25) is 9.89 Å². The van der Waals surface area contributed by atoms with Crippen molar-refractivity contribution in [2.45, 2.75) is 56.5 Å². The molecular formula is C22H26N6O2S. The van der Waals surface area contributed by atoms with Crippen molar-refractivity contribution in [3.8, 4) is 0 Å². The first-order valence-corrected chi connectivity index (χ1v) is 11.8. The van der Waals surface area contributed by atoms with Gasteiger partial charge in [0.1, 0.15) is 0 Å². The lowest BCUT2D eigenvalue weighted by atomic mass is 10.2. The topological polar surface area (TPSA) is 97.7 Å². The molecule has 1 aromatic carbocycles. The summed E-state index contributed by atoms with van der Waals surface area (Å²) in [5.41, 5.74) is 3.81. The Balaban J connectivity index is 1.31. The van der Waals surface area contributed by atoms with Crippen molar-refractivity contribution in [3.05, 3.63) is 58.7 Å². The summed E-state index contributed by atoms with van der Waals surface area (Å²) < 4.78 is 7.84. The Morgan fingerprint density at radius 2 is 2.13 bits per heavy atom. The SMILES string of the molecule is O=C(NCc1nnc(SC[C@H]2CCCO2)n1Cc1ccccc1)c1n[nH]c2c1CCC2. The minimum absolute atomic E-state index is 0.165. The molecule has 1 aliphatic carbocycles. The molecule has 0 bridgehead atoms. The minimum Gasteiger partial charge on any atom is -0.377 e. The molecule has 0 radical (unpaired) electrons. The highest BCUT2D eigenvalue weighted by molar-refractivity contribution is 7.99. The smallest absolute Gasteiger partial charge is 0.272 e. The van der Waals surface area contributed by atoms with E-state index in [-0.39, 0.29) is 12.0 Å². The van der Waals surface area contributed by atoms with Crippen LogP contribution in [0.4, 0.5) is 0 Å². The lowest BCUT2D eigenvalue weighted by Crippen LogP contribution is -2.26. The molecule has 0 saturated carbocycles. The van der Waals surface area contributed by atoms with Crippen LogP contribution in [0.5, 0.6) is 0 Å². The highest BCUT2D eigenvalue weighted by atomic mass is 32.2. The molecule has 2 aliphatic rings. The van der Waals surface area contributed by atoms with E-state index in [1.165, 1.54) is 5.56 Å². The normalized spacial score (nSPS) is 17.7. The van der Waals surface area contributed by atoms with Crippen molar-refractivity contribution in [1.82, 2.24) is 30.3 Å². The van der Waals surface area contributed by atoms with Gasteiger partial charge in [0.15, 0.2) is 16.7 Å². The summed E-state index contributed by atoms with van der Waals surface area (Å²) in [6.07, 6.45) is 5.43. The Morgan fingerprint density at radius 1 is 1.23 bits per heavy atom. The van der Waals surface area contributed by atoms with Gasteiger partial charge in [0.2, 0.25) is 0 Å². The molecule has 3 aromatic rings. The zero-order valence-electron chi connectivity index (χ0n) is 17.3. The molecule has 1 aliphatic heterocycles. The summed E-state index contributed by atoms with van der Waals surface area (Å²) in [5.74, 6) is 1.43. The highest BCUT2D eigenvalue weighted by Crippen LogP contribution is 2.25. The number of hydrogen-bond donors (Lipinski definition) is 2. The van der Waals surface area contributed by atoms with E-state index in [1.54, 1.807) is 11.8 Å². The summed E-state index contributed by atoms with van der Waals surface area (Å²) >= 11 is 1.67. The summed E-state index contributed by atoms with van der Waals surface area (Å²) in [4.78, 5) is 12.7. The van der Waals surface area contributed by atoms with Crippen LogP contribution in [0, 0.1) is 0 Å². The van der Waals surface area contributed by atoms with Crippen LogP contribution in [0.25, 0.3) is 0 Å². The summed E-state index contributed by atoms with van der Waals surface area (Å²) in [6.45, 7) is 1.81. The maximum atomic E-state index is 12.7. The molecule has 31 heavy (non-hydrogen) atoms. The summed E-state index contributed by atoms with van der Waals surface area (Å²) in [6, 6.07) is 10.2. The molecule has 2 aromatic heterocycles. The Labute approximate surface area is 185 Å². The number of thioether (sulfide) groups is 1. The number of ether oxygens (including phenoxy) is 1. The van der Waals surface area contributed by atoms with E-state index >= 15 is 0 Å². The van der Waals surface area contributed by atoms with Crippen molar-refractivity contribution in [2.75, 3.05) is 12.4 Å². The predicted octanol–water partition coefficient (Wildman–Crippen LogP) is 2.74. The number of hydrogen-bond acceptors (Lipinski definition) is 6. The molecule has 1 amide bonds. The van der Waals surface area contributed by atoms with Crippen LogP contribution in [0.15, 0.2) is 35.5 Å². The number of nitrogens with one attached hydrogen (secondary N) is 2. The maximum absolute atomic E-state index is 12.7. The van der Waals surface area contributed by atoms with Gasteiger partial charge in [-0.05, 0) is 37.7 Å². The van der Waals surface area contributed by atoms with E-state index in [9.17, 15) is 4.79 Å². The summed E-state index contributed by atoms with van der Waals surface area (Å²) in [5, 5.41) is 19.9. The third-order valence-electron chi connectivity index (χ3n) is 5.83. The van der Waals surface area contributed by atoms with Gasteiger partial charge in [-0.15, -0.1) is 10.2 Å². The average molecular weight is 439 g/mol. The van der Waals surface area contributed by atoms with Crippen LogP contribution >= 0.6 is 11.8 Å². The number of aromatic amines is 1. The average Bonchev–Trinajstić information content (AvgIpc) is 3.57. The van der Waals surface area contributed by atoms with Gasteiger partial charge < -0.3 is 14.6 Å². The molecule has 1 atom stereocenters. The number of rotatable bonds is 8. The van der Waals surface area contributed by atoms with E-state index in [0.717, 1.165) is 66.7 Å². The van der Waals surface area contributed by atoms with Gasteiger partial charge in [-0.25, -0.2) is 0 Å². The van der Waals surface area contributed by atoms with Crippen LogP contribution in [0.3, 0.4) is 0 Å². The molecular weight excluding hydrogens is 412 g/mol. The molecule has 1 fully saturated rings. The van der Waals surface area contributed by atoms with Gasteiger partial charge >= 0.3 is 0 Å². The van der Waals surface area contributed by atoms with Crippen molar-refractivity contribution >= 4 is 17.7 Å². The fourth-order valence-electron chi connectivity index (χ4n) is 4.17. The van der Waals surface area contributed by atoms with Crippen molar-refractivity contribution in [2.24, 2.45) is 0 Å². The van der Waals surface area contributed by atoms with Gasteiger partial charge in [-0.1, -0.05) is 42.1 Å². The lowest BCUT2D eigenvalue weighted by molar-refractivity contribution is 0.0943. The number of fused-ring (bicyclic) bond motifs is 1. The maximum Gasteiger partial charge on any atom is 0.272 e. The number of benzene rings is 1. The number of aromatic nitrogens is 5. The predicted molar refractivity (Wildman–Crippen MR) is 117 cm³/mol. The highest BCUT2D eigenvalue weighted by Gasteiger charge is 2.24. The van der Waals surface area contributed by atoms with Crippen LogP contribution in [-0.2, 0) is 30.7 Å². The van der Waals surface area contributed by atoms with E-state index < -0.39 is 0 Å². The number of amides is 1. The molecule has 2 N–H and O–H groups in total. The van der Waals surface area contributed by atoms with Crippen molar-refractivity contribution < 1.29 is 9.53 Å². The van der Waals surface area contributed by atoms with E-state index in [2.05, 4.69) is 42.4 Å². The zero-order chi connectivity index (χ0) is 21.0. The third kappa shape index (κ3) is 4.52. The van der Waals surface area contributed by atoms with Crippen LogP contribution in [-0.4, -0.2) is 49.3 Å². The van der Waals surface area contributed by atoms with E-state index in [0.29, 0.717) is 18.8 Å². The van der Waals surface area contributed by atoms with Gasteiger partial charge in [0.25, 0.3) is 5.91 Å². The number of aryl methyl sites for hydroxylation is 1. The first kappa shape index (κ1) is 20.3. The van der Waals surface area contributed by atoms with Crippen molar-refractivity contribution in [3.63, 3.8) is 0 Å². The molecule has 3 heterocycles. The Morgan fingerprint density at radius 3 is 2.97 bits per heavy atom. The summed E-state index contributed by atoms with van der Waals surface area (Å²) in [7, 11) is 0.